The predicted molar refractivity (Wildman–Crippen MR) is 95.5 cm³/mol. The van der Waals surface area contributed by atoms with Gasteiger partial charge in [-0.15, -0.1) is 0 Å². The van der Waals surface area contributed by atoms with E-state index in [4.69, 9.17) is 0 Å². The number of piperidine rings is 1. The van der Waals surface area contributed by atoms with Gasteiger partial charge in [0, 0.05) is 19.3 Å². The molecule has 0 aromatic heterocycles. The van der Waals surface area contributed by atoms with Crippen molar-refractivity contribution >= 4 is 21.2 Å². The molecule has 25 heavy (non-hydrogen) atoms. The summed E-state index contributed by atoms with van der Waals surface area (Å²) in [5.41, 5.74) is -0.386. The first-order valence-electron chi connectivity index (χ1n) is 8.30. The molecule has 2 rings (SSSR count). The Labute approximate surface area is 147 Å². The maximum atomic E-state index is 11.7. The Balaban J connectivity index is 2.04. The number of rotatable bonds is 7. The van der Waals surface area contributed by atoms with Crippen molar-refractivity contribution in [3.05, 3.63) is 28.3 Å². The molecule has 1 aliphatic rings. The van der Waals surface area contributed by atoms with Gasteiger partial charge in [0.1, 0.15) is 10.6 Å². The molecular weight excluding hydrogens is 346 g/mol. The summed E-state index contributed by atoms with van der Waals surface area (Å²) in [6.07, 6.45) is 2.44. The van der Waals surface area contributed by atoms with E-state index in [1.807, 2.05) is 0 Å². The number of β-amino-alcohol motifs (C(OH)–C–C–N with tert-alkyl or cyclic N) is 1. The molecule has 0 aliphatic carbocycles. The van der Waals surface area contributed by atoms with E-state index < -0.39 is 26.6 Å². The van der Waals surface area contributed by atoms with Gasteiger partial charge in [0.25, 0.3) is 0 Å². The van der Waals surface area contributed by atoms with E-state index in [0.717, 1.165) is 32.2 Å². The lowest BCUT2D eigenvalue weighted by Gasteiger charge is -2.31. The molecule has 0 radical (unpaired) electrons. The van der Waals surface area contributed by atoms with E-state index in [0.29, 0.717) is 12.5 Å². The Morgan fingerprint density at radius 1 is 1.40 bits per heavy atom. The molecule has 2 N–H and O–H groups in total. The molecule has 0 amide bonds. The summed E-state index contributed by atoms with van der Waals surface area (Å²) in [5, 5.41) is 24.3. The van der Waals surface area contributed by atoms with Crippen LogP contribution in [0.1, 0.15) is 19.8 Å². The number of likely N-dealkylation sites (tertiary alicyclic amines) is 1. The summed E-state index contributed by atoms with van der Waals surface area (Å²) in [5.74, 6) is 0.702. The van der Waals surface area contributed by atoms with Crippen molar-refractivity contribution in [1.82, 2.24) is 4.90 Å². The number of hydrogen-bond acceptors (Lipinski definition) is 7. The van der Waals surface area contributed by atoms with Gasteiger partial charge in [-0.2, -0.15) is 0 Å². The second kappa shape index (κ2) is 8.11. The van der Waals surface area contributed by atoms with E-state index >= 15 is 0 Å². The highest BCUT2D eigenvalue weighted by atomic mass is 32.2. The zero-order chi connectivity index (χ0) is 18.6. The van der Waals surface area contributed by atoms with Crippen LogP contribution < -0.4 is 5.32 Å². The Morgan fingerprint density at radius 2 is 2.04 bits per heavy atom. The van der Waals surface area contributed by atoms with Crippen LogP contribution in [0.15, 0.2) is 23.1 Å². The second-order valence-electron chi connectivity index (χ2n) is 6.70. The molecule has 1 fully saturated rings. The number of nitro groups is 1. The van der Waals surface area contributed by atoms with E-state index in [2.05, 4.69) is 17.1 Å². The van der Waals surface area contributed by atoms with Crippen molar-refractivity contribution in [3.8, 4) is 0 Å². The van der Waals surface area contributed by atoms with Crippen molar-refractivity contribution in [2.75, 3.05) is 37.8 Å². The van der Waals surface area contributed by atoms with Gasteiger partial charge in [0.05, 0.1) is 11.0 Å². The molecule has 0 saturated carbocycles. The van der Waals surface area contributed by atoms with Crippen molar-refractivity contribution in [1.29, 1.82) is 0 Å². The fraction of sp³-hybridized carbons (Fsp3) is 0.625. The third kappa shape index (κ3) is 5.38. The van der Waals surface area contributed by atoms with E-state index in [1.165, 1.54) is 18.2 Å². The lowest BCUT2D eigenvalue weighted by molar-refractivity contribution is -0.386. The van der Waals surface area contributed by atoms with Crippen LogP contribution in [-0.4, -0.2) is 61.9 Å². The minimum atomic E-state index is -3.72. The van der Waals surface area contributed by atoms with Crippen LogP contribution >= 0.6 is 0 Å². The highest BCUT2D eigenvalue weighted by Gasteiger charge is 2.26. The number of hydrogen-bond donors (Lipinski definition) is 2. The number of benzene rings is 1. The molecule has 1 aromatic rings. The van der Waals surface area contributed by atoms with Crippen LogP contribution in [-0.2, 0) is 9.84 Å². The lowest BCUT2D eigenvalue weighted by Crippen LogP contribution is -2.40. The molecule has 1 heterocycles. The highest BCUT2D eigenvalue weighted by molar-refractivity contribution is 7.90. The van der Waals surface area contributed by atoms with Crippen LogP contribution in [0.25, 0.3) is 0 Å². The fourth-order valence-corrected chi connectivity index (χ4v) is 3.85. The van der Waals surface area contributed by atoms with Crippen LogP contribution in [0.3, 0.4) is 0 Å². The number of nitrogens with zero attached hydrogens (tertiary/aromatic N) is 2. The molecule has 1 aliphatic heterocycles. The summed E-state index contributed by atoms with van der Waals surface area (Å²) in [6, 6.07) is 4.11. The summed E-state index contributed by atoms with van der Waals surface area (Å²) >= 11 is 0. The van der Waals surface area contributed by atoms with Gasteiger partial charge in [-0.1, -0.05) is 13.0 Å². The smallest absolute Gasteiger partial charge is 0.310 e. The number of anilines is 1. The summed E-state index contributed by atoms with van der Waals surface area (Å²) in [6.45, 7) is 4.67. The van der Waals surface area contributed by atoms with Crippen molar-refractivity contribution < 1.29 is 18.4 Å². The van der Waals surface area contributed by atoms with Crippen LogP contribution in [0, 0.1) is 16.0 Å². The van der Waals surface area contributed by atoms with Gasteiger partial charge in [0.15, 0.2) is 9.84 Å². The van der Waals surface area contributed by atoms with Gasteiger partial charge >= 0.3 is 5.69 Å². The molecule has 1 aromatic carbocycles. The normalized spacial score (nSPS) is 18.0. The van der Waals surface area contributed by atoms with E-state index in [-0.39, 0.29) is 17.1 Å². The molecule has 0 bridgehead atoms. The van der Waals surface area contributed by atoms with E-state index in [1.54, 1.807) is 0 Å². The first-order valence-corrected chi connectivity index (χ1v) is 10.2. The standard InChI is InChI=1S/C16H25N3O5S/c1-12-6-8-18(9-7-12)11-13(20)10-17-14-4-3-5-15(25(2,23)24)16(14)19(21)22/h3-5,12-13,17,20H,6-11H2,1-2H3. The van der Waals surface area contributed by atoms with Gasteiger partial charge in [0.2, 0.25) is 0 Å². The Bertz CT molecular complexity index is 714. The van der Waals surface area contributed by atoms with Crippen LogP contribution in [0.5, 0.6) is 0 Å². The van der Waals surface area contributed by atoms with Gasteiger partial charge in [-0.3, -0.25) is 10.1 Å². The molecule has 9 heteroatoms. The summed E-state index contributed by atoms with van der Waals surface area (Å²) in [4.78, 5) is 12.4. The zero-order valence-electron chi connectivity index (χ0n) is 14.5. The summed E-state index contributed by atoms with van der Waals surface area (Å²) in [7, 11) is -3.72. The maximum Gasteiger partial charge on any atom is 0.310 e. The lowest BCUT2D eigenvalue weighted by atomic mass is 9.99. The largest absolute Gasteiger partial charge is 0.390 e. The average molecular weight is 371 g/mol. The third-order valence-corrected chi connectivity index (χ3v) is 5.58. The van der Waals surface area contributed by atoms with Crippen LogP contribution in [0.2, 0.25) is 0 Å². The minimum absolute atomic E-state index is 0.0965. The Hall–Kier alpha value is -1.71. The molecule has 1 unspecified atom stereocenters. The van der Waals surface area contributed by atoms with Crippen molar-refractivity contribution in [2.24, 2.45) is 5.92 Å². The Kier molecular flexibility index (Phi) is 6.36. The number of aliphatic hydroxyl groups excluding tert-OH is 1. The van der Waals surface area contributed by atoms with Gasteiger partial charge in [-0.25, -0.2) is 8.42 Å². The van der Waals surface area contributed by atoms with E-state index in [9.17, 15) is 23.6 Å². The minimum Gasteiger partial charge on any atom is -0.390 e. The highest BCUT2D eigenvalue weighted by Crippen LogP contribution is 2.31. The quantitative estimate of drug-likeness (QED) is 0.552. The number of aliphatic hydroxyl groups is 1. The number of nitrogens with one attached hydrogen (secondary N) is 1. The van der Waals surface area contributed by atoms with Gasteiger partial charge < -0.3 is 15.3 Å². The number of para-hydroxylation sites is 1. The molecular formula is C16H25N3O5S. The maximum absolute atomic E-state index is 11.7. The third-order valence-electron chi connectivity index (χ3n) is 4.45. The molecule has 0 spiro atoms. The van der Waals surface area contributed by atoms with Crippen LogP contribution in [0.4, 0.5) is 11.4 Å². The Morgan fingerprint density at radius 3 is 2.60 bits per heavy atom. The van der Waals surface area contributed by atoms with Crippen molar-refractivity contribution in [3.63, 3.8) is 0 Å². The second-order valence-corrected chi connectivity index (χ2v) is 8.68. The predicted octanol–water partition coefficient (Wildman–Crippen LogP) is 1.50. The molecule has 1 saturated heterocycles. The first kappa shape index (κ1) is 19.6. The first-order chi connectivity index (χ1) is 11.7. The summed E-state index contributed by atoms with van der Waals surface area (Å²) < 4.78 is 23.5. The van der Waals surface area contributed by atoms with Gasteiger partial charge in [-0.05, 0) is 44.0 Å². The fourth-order valence-electron chi connectivity index (χ4n) is 2.99. The molecule has 140 valence electrons. The topological polar surface area (TPSA) is 113 Å². The van der Waals surface area contributed by atoms with Crippen molar-refractivity contribution in [2.45, 2.75) is 30.8 Å². The SMILES string of the molecule is CC1CCN(CC(O)CNc2cccc(S(C)(=O)=O)c2[N+](=O)[O-])CC1. The molecule has 1 atom stereocenters. The zero-order valence-corrected chi connectivity index (χ0v) is 15.3. The number of nitro benzene ring substituents is 1. The monoisotopic (exact) mass is 371 g/mol. The number of sulfone groups is 1. The molecule has 8 nitrogen and oxygen atoms in total. The average Bonchev–Trinajstić information content (AvgIpc) is 2.53.